The molecule has 21 heavy (non-hydrogen) atoms. The molecule has 1 fully saturated rings. The standard InChI is InChI=1S/C15H24N2O3S/c1-5-20-12-8-11(15(12,2)3)17-14-16-10(9-21-14)6-7-13(18)19-4/h9,11-12H,5-8H2,1-4H3,(H,16,17). The van der Waals surface area contributed by atoms with Crippen LogP contribution in [0.1, 0.15) is 39.3 Å². The van der Waals surface area contributed by atoms with Gasteiger partial charge < -0.3 is 14.8 Å². The monoisotopic (exact) mass is 312 g/mol. The number of aromatic nitrogens is 1. The van der Waals surface area contributed by atoms with Crippen LogP contribution in [0.15, 0.2) is 5.38 Å². The Bertz CT molecular complexity index is 487. The molecule has 0 spiro atoms. The summed E-state index contributed by atoms with van der Waals surface area (Å²) in [6, 6.07) is 0.383. The first-order valence-electron chi connectivity index (χ1n) is 7.36. The lowest BCUT2D eigenvalue weighted by molar-refractivity contribution is -0.140. The first-order chi connectivity index (χ1) is 9.97. The average Bonchev–Trinajstić information content (AvgIpc) is 2.91. The molecule has 0 aromatic carbocycles. The Balaban J connectivity index is 1.85. The predicted molar refractivity (Wildman–Crippen MR) is 83.7 cm³/mol. The molecule has 1 aliphatic rings. The number of methoxy groups -OCH3 is 1. The van der Waals surface area contributed by atoms with E-state index in [4.69, 9.17) is 4.74 Å². The zero-order chi connectivity index (χ0) is 15.5. The molecule has 1 heterocycles. The Kier molecular flexibility index (Phi) is 5.22. The van der Waals surface area contributed by atoms with Crippen molar-refractivity contribution >= 4 is 22.4 Å². The summed E-state index contributed by atoms with van der Waals surface area (Å²) in [5.74, 6) is -0.197. The van der Waals surface area contributed by atoms with Gasteiger partial charge in [0.15, 0.2) is 5.13 Å². The molecule has 0 aliphatic heterocycles. The van der Waals surface area contributed by atoms with Crippen LogP contribution in [0.4, 0.5) is 5.13 Å². The highest BCUT2D eigenvalue weighted by Crippen LogP contribution is 2.44. The number of rotatable bonds is 7. The van der Waals surface area contributed by atoms with Gasteiger partial charge in [-0.1, -0.05) is 13.8 Å². The normalized spacial score (nSPS) is 23.4. The van der Waals surface area contributed by atoms with Crippen LogP contribution in [0.5, 0.6) is 0 Å². The first kappa shape index (κ1) is 16.2. The van der Waals surface area contributed by atoms with Crippen molar-refractivity contribution in [1.82, 2.24) is 4.98 Å². The summed E-state index contributed by atoms with van der Waals surface area (Å²) < 4.78 is 10.4. The van der Waals surface area contributed by atoms with Crippen LogP contribution in [-0.2, 0) is 20.7 Å². The summed E-state index contributed by atoms with van der Waals surface area (Å²) in [7, 11) is 1.41. The van der Waals surface area contributed by atoms with Crippen molar-refractivity contribution in [2.45, 2.75) is 52.2 Å². The second-order valence-electron chi connectivity index (χ2n) is 5.92. The van der Waals surface area contributed by atoms with E-state index in [2.05, 4.69) is 28.9 Å². The topological polar surface area (TPSA) is 60.5 Å². The van der Waals surface area contributed by atoms with Gasteiger partial charge in [0.25, 0.3) is 0 Å². The van der Waals surface area contributed by atoms with Crippen molar-refractivity contribution in [2.24, 2.45) is 5.41 Å². The van der Waals surface area contributed by atoms with E-state index in [0.717, 1.165) is 23.9 Å². The highest BCUT2D eigenvalue weighted by Gasteiger charge is 2.49. The maximum Gasteiger partial charge on any atom is 0.305 e. The van der Waals surface area contributed by atoms with Gasteiger partial charge in [0.1, 0.15) is 0 Å². The molecule has 2 rings (SSSR count). The lowest BCUT2D eigenvalue weighted by atomic mass is 9.64. The van der Waals surface area contributed by atoms with Gasteiger partial charge in [0, 0.05) is 29.9 Å². The number of hydrogen-bond donors (Lipinski definition) is 1. The van der Waals surface area contributed by atoms with Crippen LogP contribution < -0.4 is 5.32 Å². The summed E-state index contributed by atoms with van der Waals surface area (Å²) in [6.45, 7) is 7.24. The van der Waals surface area contributed by atoms with E-state index in [1.807, 2.05) is 12.3 Å². The second kappa shape index (κ2) is 6.75. The maximum atomic E-state index is 11.1. The minimum atomic E-state index is -0.197. The number of nitrogens with zero attached hydrogens (tertiary/aromatic N) is 1. The van der Waals surface area contributed by atoms with Gasteiger partial charge in [-0.2, -0.15) is 0 Å². The van der Waals surface area contributed by atoms with Crippen LogP contribution in [-0.4, -0.2) is 36.8 Å². The van der Waals surface area contributed by atoms with Gasteiger partial charge in [-0.15, -0.1) is 11.3 Å². The molecule has 1 aliphatic carbocycles. The Morgan fingerprint density at radius 3 is 2.95 bits per heavy atom. The van der Waals surface area contributed by atoms with Crippen molar-refractivity contribution in [2.75, 3.05) is 19.0 Å². The van der Waals surface area contributed by atoms with Crippen molar-refractivity contribution in [1.29, 1.82) is 0 Å². The molecule has 118 valence electrons. The number of esters is 1. The van der Waals surface area contributed by atoms with Gasteiger partial charge >= 0.3 is 5.97 Å². The van der Waals surface area contributed by atoms with Gasteiger partial charge in [0.2, 0.25) is 0 Å². The number of hydrogen-bond acceptors (Lipinski definition) is 6. The highest BCUT2D eigenvalue weighted by atomic mass is 32.1. The number of nitrogens with one attached hydrogen (secondary N) is 1. The summed E-state index contributed by atoms with van der Waals surface area (Å²) in [5.41, 5.74) is 1.06. The van der Waals surface area contributed by atoms with Gasteiger partial charge in [-0.05, 0) is 13.3 Å². The van der Waals surface area contributed by atoms with Crippen LogP contribution in [0.2, 0.25) is 0 Å². The number of carbonyl (C=O) groups is 1. The van der Waals surface area contributed by atoms with Crippen LogP contribution >= 0.6 is 11.3 Å². The summed E-state index contributed by atoms with van der Waals surface area (Å²) in [4.78, 5) is 15.7. The molecule has 6 heteroatoms. The highest BCUT2D eigenvalue weighted by molar-refractivity contribution is 7.13. The number of ether oxygens (including phenoxy) is 2. The van der Waals surface area contributed by atoms with E-state index in [-0.39, 0.29) is 11.4 Å². The van der Waals surface area contributed by atoms with Crippen molar-refractivity contribution in [3.05, 3.63) is 11.1 Å². The minimum Gasteiger partial charge on any atom is -0.469 e. The Hall–Kier alpha value is -1.14. The van der Waals surface area contributed by atoms with Crippen LogP contribution in [0.3, 0.4) is 0 Å². The quantitative estimate of drug-likeness (QED) is 0.785. The third-order valence-corrected chi connectivity index (χ3v) is 5.03. The van der Waals surface area contributed by atoms with Crippen molar-refractivity contribution < 1.29 is 14.3 Å². The van der Waals surface area contributed by atoms with E-state index < -0.39 is 0 Å². The number of carbonyl (C=O) groups excluding carboxylic acids is 1. The van der Waals surface area contributed by atoms with E-state index >= 15 is 0 Å². The smallest absolute Gasteiger partial charge is 0.305 e. The third kappa shape index (κ3) is 3.74. The van der Waals surface area contributed by atoms with E-state index in [1.165, 1.54) is 7.11 Å². The third-order valence-electron chi connectivity index (χ3n) is 4.21. The zero-order valence-electron chi connectivity index (χ0n) is 13.1. The Morgan fingerprint density at radius 1 is 1.57 bits per heavy atom. The molecule has 0 radical (unpaired) electrons. The molecule has 2 atom stereocenters. The van der Waals surface area contributed by atoms with E-state index in [0.29, 0.717) is 25.0 Å². The molecule has 0 bridgehead atoms. The molecule has 1 aromatic rings. The Labute approximate surface area is 130 Å². The van der Waals surface area contributed by atoms with E-state index in [1.54, 1.807) is 11.3 Å². The average molecular weight is 312 g/mol. The number of aryl methyl sites for hydroxylation is 1. The molecule has 5 nitrogen and oxygen atoms in total. The molecular formula is C15H24N2O3S. The van der Waals surface area contributed by atoms with E-state index in [9.17, 15) is 4.79 Å². The molecule has 1 aromatic heterocycles. The molecule has 0 amide bonds. The minimum absolute atomic E-state index is 0.119. The molecule has 1 N–H and O–H groups in total. The molecule has 2 unspecified atom stereocenters. The Morgan fingerprint density at radius 2 is 2.33 bits per heavy atom. The molecule has 0 saturated heterocycles. The second-order valence-corrected chi connectivity index (χ2v) is 6.78. The predicted octanol–water partition coefficient (Wildman–Crippen LogP) is 2.86. The van der Waals surface area contributed by atoms with Crippen LogP contribution in [0, 0.1) is 5.41 Å². The van der Waals surface area contributed by atoms with Crippen molar-refractivity contribution in [3.8, 4) is 0 Å². The lowest BCUT2D eigenvalue weighted by Crippen LogP contribution is -2.58. The van der Waals surface area contributed by atoms with Gasteiger partial charge in [0.05, 0.1) is 25.3 Å². The molecule has 1 saturated carbocycles. The summed E-state index contributed by atoms with van der Waals surface area (Å²) >= 11 is 1.59. The van der Waals surface area contributed by atoms with Gasteiger partial charge in [-0.25, -0.2) is 4.98 Å². The number of thiazole rings is 1. The SMILES string of the molecule is CCOC1CC(Nc2nc(CCC(=O)OC)cs2)C1(C)C. The largest absolute Gasteiger partial charge is 0.469 e. The fraction of sp³-hybridized carbons (Fsp3) is 0.733. The van der Waals surface area contributed by atoms with Crippen LogP contribution in [0.25, 0.3) is 0 Å². The molecular weight excluding hydrogens is 288 g/mol. The lowest BCUT2D eigenvalue weighted by Gasteiger charge is -2.51. The first-order valence-corrected chi connectivity index (χ1v) is 8.24. The fourth-order valence-corrected chi connectivity index (χ4v) is 3.38. The van der Waals surface area contributed by atoms with Gasteiger partial charge in [-0.3, -0.25) is 4.79 Å². The summed E-state index contributed by atoms with van der Waals surface area (Å²) in [6.07, 6.45) is 2.33. The van der Waals surface area contributed by atoms with Crippen molar-refractivity contribution in [3.63, 3.8) is 0 Å². The zero-order valence-corrected chi connectivity index (χ0v) is 14.0. The fourth-order valence-electron chi connectivity index (χ4n) is 2.58. The number of anilines is 1. The maximum absolute atomic E-state index is 11.1. The summed E-state index contributed by atoms with van der Waals surface area (Å²) in [5, 5.41) is 6.41.